The number of unbranched alkanes of at least 4 members (excludes halogenated alkanes) is 20. The Morgan fingerprint density at radius 3 is 1.02 bits per heavy atom. The topological polar surface area (TPSA) is 111 Å². The zero-order valence-electron chi connectivity index (χ0n) is 53.5. The fourth-order valence-electron chi connectivity index (χ4n) is 8.58. The van der Waals surface area contributed by atoms with Crippen LogP contribution in [0.1, 0.15) is 245 Å². The molecule has 0 bridgehead atoms. The van der Waals surface area contributed by atoms with Crippen LogP contribution >= 0.6 is 0 Å². The molecule has 0 aromatic heterocycles. The predicted octanol–water partition coefficient (Wildman–Crippen LogP) is 19.0. The number of ether oxygens (including phenoxy) is 4. The maximum absolute atomic E-state index is 12.9. The van der Waals surface area contributed by atoms with Gasteiger partial charge >= 0.3 is 11.9 Å². The van der Waals surface area contributed by atoms with Crippen molar-refractivity contribution in [2.24, 2.45) is 0 Å². The molecule has 0 saturated heterocycles. The number of esters is 2. The van der Waals surface area contributed by atoms with Gasteiger partial charge < -0.3 is 33.3 Å². The quantitative estimate of drug-likeness (QED) is 0.0195. The Balaban J connectivity index is 4.23. The van der Waals surface area contributed by atoms with Gasteiger partial charge in [-0.05, 0) is 103 Å². The van der Waals surface area contributed by atoms with Crippen LogP contribution < -0.4 is 5.11 Å². The molecule has 0 aliphatic heterocycles. The fraction of sp³-hybridized carbons (Fsp3) is 0.635. The van der Waals surface area contributed by atoms with Gasteiger partial charge in [0, 0.05) is 12.8 Å². The van der Waals surface area contributed by atoms with Gasteiger partial charge in [-0.25, -0.2) is 0 Å². The average molecular weight is 1150 g/mol. The second-order valence-electron chi connectivity index (χ2n) is 22.7. The van der Waals surface area contributed by atoms with Crippen molar-refractivity contribution in [2.45, 2.75) is 257 Å². The van der Waals surface area contributed by atoms with E-state index in [4.69, 9.17) is 18.9 Å². The van der Waals surface area contributed by atoms with Crippen molar-refractivity contribution in [1.82, 2.24) is 0 Å². The highest BCUT2D eigenvalue weighted by molar-refractivity contribution is 5.70. The van der Waals surface area contributed by atoms with E-state index in [-0.39, 0.29) is 38.6 Å². The van der Waals surface area contributed by atoms with Crippen LogP contribution in [0.4, 0.5) is 0 Å². The summed E-state index contributed by atoms with van der Waals surface area (Å²) in [6, 6.07) is 0. The molecule has 0 radical (unpaired) electrons. The van der Waals surface area contributed by atoms with E-state index >= 15 is 0 Å². The van der Waals surface area contributed by atoms with Crippen molar-refractivity contribution in [3.05, 3.63) is 146 Å². The molecule has 2 atom stereocenters. The molecule has 0 aliphatic rings. The molecule has 2 unspecified atom stereocenters. The summed E-state index contributed by atoms with van der Waals surface area (Å²) in [4.78, 5) is 37.3. The minimum Gasteiger partial charge on any atom is -0.545 e. The summed E-state index contributed by atoms with van der Waals surface area (Å²) in [5, 5.41) is 11.8. The van der Waals surface area contributed by atoms with E-state index in [9.17, 15) is 19.5 Å². The molecule has 0 spiro atoms. The lowest BCUT2D eigenvalue weighted by Crippen LogP contribution is -2.44. The summed E-state index contributed by atoms with van der Waals surface area (Å²) < 4.78 is 22.7. The third-order valence-electron chi connectivity index (χ3n) is 13.6. The molecule has 9 heteroatoms. The molecular formula is C74H121NO8. The standard InChI is InChI=1S/C74H121NO8/c1-6-8-10-12-14-16-18-20-22-24-25-26-27-28-29-30-31-32-33-34-35-36-37-38-39-40-41-42-43-44-45-46-47-49-51-53-55-57-59-61-63-65-72(77)83-70(69-82-74(73(78)79)80-67-66-75(3,4)5)68-81-71(76)64-62-60-58-56-54-52-50-48-23-21-19-17-15-13-11-9-7-2/h8,10,14,16,20,22,25-26,28-29,31-32,34-35,37-38,40-41,43-44,46-47,51,53,70,74H,6-7,9,11-13,15,17-19,21,23-24,27,30,33,36,39,42,45,48-50,52,54-69H2,1-5H3/b10-8-,16-14-,22-20-,26-25-,29-28-,32-31-,35-34-,38-37-,41-40-,44-43-,47-46-,53-51-. The smallest absolute Gasteiger partial charge is 0.306 e. The number of quaternary nitrogens is 1. The first-order valence-corrected chi connectivity index (χ1v) is 33.0. The summed E-state index contributed by atoms with van der Waals surface area (Å²) in [5.41, 5.74) is 0. The number of carboxylic acids is 1. The van der Waals surface area contributed by atoms with Crippen molar-refractivity contribution in [3.63, 3.8) is 0 Å². The van der Waals surface area contributed by atoms with E-state index in [1.165, 1.54) is 89.9 Å². The van der Waals surface area contributed by atoms with E-state index in [0.29, 0.717) is 17.4 Å². The van der Waals surface area contributed by atoms with Crippen LogP contribution in [0.2, 0.25) is 0 Å². The molecule has 0 aliphatic carbocycles. The molecule has 0 fully saturated rings. The highest BCUT2D eigenvalue weighted by atomic mass is 16.7. The molecule has 9 nitrogen and oxygen atoms in total. The third-order valence-corrected chi connectivity index (χ3v) is 13.6. The number of carbonyl (C=O) groups excluding carboxylic acids is 3. The SMILES string of the molecule is CC/C=C\C/C=C\C/C=C\C/C=C\C/C=C\C/C=C\C/C=C\C/C=C\C/C=C\C/C=C\C/C=C\C/C=C\CCCCCCC(=O)OC(COC(=O)CCCCCCCCCCCCCCCCCCC)COC(OCC[N+](C)(C)C)C(=O)[O-]. The highest BCUT2D eigenvalue weighted by Gasteiger charge is 2.22. The van der Waals surface area contributed by atoms with Crippen molar-refractivity contribution >= 4 is 17.9 Å². The number of aliphatic carboxylic acids is 1. The van der Waals surface area contributed by atoms with E-state index in [1.807, 2.05) is 21.1 Å². The maximum Gasteiger partial charge on any atom is 0.306 e. The number of allylic oxidation sites excluding steroid dienone is 24. The Labute approximate surface area is 509 Å². The van der Waals surface area contributed by atoms with Crippen LogP contribution in [0.25, 0.3) is 0 Å². The lowest BCUT2D eigenvalue weighted by atomic mass is 10.0. The number of hydrogen-bond donors (Lipinski definition) is 0. The normalized spacial score (nSPS) is 13.7. The van der Waals surface area contributed by atoms with Gasteiger partial charge in [0.2, 0.25) is 0 Å². The summed E-state index contributed by atoms with van der Waals surface area (Å²) in [6.07, 6.45) is 89.2. The number of carbonyl (C=O) groups is 3. The molecule has 0 saturated carbocycles. The average Bonchev–Trinajstić information content (AvgIpc) is 3.46. The van der Waals surface area contributed by atoms with E-state index in [1.54, 1.807) is 0 Å². The van der Waals surface area contributed by atoms with Crippen molar-refractivity contribution in [1.29, 1.82) is 0 Å². The summed E-state index contributed by atoms with van der Waals surface area (Å²) in [6.45, 7) is 4.60. The van der Waals surface area contributed by atoms with E-state index < -0.39 is 24.3 Å². The monoisotopic (exact) mass is 1150 g/mol. The van der Waals surface area contributed by atoms with Gasteiger partial charge in [0.1, 0.15) is 13.2 Å². The van der Waals surface area contributed by atoms with Crippen LogP contribution in [-0.4, -0.2) is 82.3 Å². The third kappa shape index (κ3) is 64.6. The van der Waals surface area contributed by atoms with E-state index in [2.05, 4.69) is 160 Å². The van der Waals surface area contributed by atoms with Crippen LogP contribution in [0.3, 0.4) is 0 Å². The molecule has 0 aromatic rings. The highest BCUT2D eigenvalue weighted by Crippen LogP contribution is 2.16. The molecular weight excluding hydrogens is 1030 g/mol. The fourth-order valence-corrected chi connectivity index (χ4v) is 8.58. The summed E-state index contributed by atoms with van der Waals surface area (Å²) in [7, 11) is 5.91. The van der Waals surface area contributed by atoms with Gasteiger partial charge in [0.05, 0.1) is 40.3 Å². The Kier molecular flexibility index (Phi) is 59.5. The maximum atomic E-state index is 12.9. The predicted molar refractivity (Wildman–Crippen MR) is 352 cm³/mol. The lowest BCUT2D eigenvalue weighted by Gasteiger charge is -2.26. The minimum atomic E-state index is -1.64. The van der Waals surface area contributed by atoms with Crippen LogP contribution in [0, 0.1) is 0 Å². The van der Waals surface area contributed by atoms with Crippen molar-refractivity contribution < 1.29 is 42.9 Å². The molecule has 0 aromatic carbocycles. The Hall–Kier alpha value is -4.83. The number of carboxylic acid groups (broad SMARTS) is 1. The molecule has 0 heterocycles. The molecule has 0 amide bonds. The van der Waals surface area contributed by atoms with E-state index in [0.717, 1.165) is 122 Å². The largest absolute Gasteiger partial charge is 0.545 e. The Bertz CT molecular complexity index is 1870. The first-order valence-electron chi connectivity index (χ1n) is 33.0. The second kappa shape index (κ2) is 63.2. The second-order valence-corrected chi connectivity index (χ2v) is 22.7. The number of nitrogens with zero attached hydrogens (tertiary/aromatic N) is 1. The summed E-state index contributed by atoms with van der Waals surface area (Å²) >= 11 is 0. The van der Waals surface area contributed by atoms with Gasteiger partial charge in [0.25, 0.3) is 0 Å². The van der Waals surface area contributed by atoms with Gasteiger partial charge in [-0.15, -0.1) is 0 Å². The van der Waals surface area contributed by atoms with Gasteiger partial charge in [-0.2, -0.15) is 0 Å². The minimum absolute atomic E-state index is 0.136. The van der Waals surface area contributed by atoms with Crippen molar-refractivity contribution in [2.75, 3.05) is 47.5 Å². The number of hydrogen-bond acceptors (Lipinski definition) is 8. The Morgan fingerprint density at radius 2 is 0.687 bits per heavy atom. The molecule has 0 rings (SSSR count). The zero-order chi connectivity index (χ0) is 60.5. The number of likely N-dealkylation sites (N-methyl/N-ethyl adjacent to an activating group) is 1. The van der Waals surface area contributed by atoms with Gasteiger partial charge in [0.15, 0.2) is 12.4 Å². The first kappa shape index (κ1) is 78.2. The van der Waals surface area contributed by atoms with Gasteiger partial charge in [-0.3, -0.25) is 9.59 Å². The first-order chi connectivity index (χ1) is 40.6. The lowest BCUT2D eigenvalue weighted by molar-refractivity contribution is -0.870. The van der Waals surface area contributed by atoms with Gasteiger partial charge in [-0.1, -0.05) is 275 Å². The van der Waals surface area contributed by atoms with Crippen LogP contribution in [0.5, 0.6) is 0 Å². The number of rotatable bonds is 59. The van der Waals surface area contributed by atoms with Crippen LogP contribution in [-0.2, 0) is 33.3 Å². The molecule has 470 valence electrons. The van der Waals surface area contributed by atoms with Crippen molar-refractivity contribution in [3.8, 4) is 0 Å². The van der Waals surface area contributed by atoms with Crippen LogP contribution in [0.15, 0.2) is 146 Å². The molecule has 0 N–H and O–H groups in total. The zero-order valence-corrected chi connectivity index (χ0v) is 53.5. The summed E-state index contributed by atoms with van der Waals surface area (Å²) in [5.74, 6) is -2.32. The molecule has 83 heavy (non-hydrogen) atoms. The Morgan fingerprint density at radius 1 is 0.373 bits per heavy atom.